The Labute approximate surface area is 254 Å². The molecule has 0 spiro atoms. The van der Waals surface area contributed by atoms with Crippen LogP contribution in [-0.2, 0) is 30.3 Å². The molecule has 4 rings (SSSR count). The van der Waals surface area contributed by atoms with Gasteiger partial charge in [-0.2, -0.15) is 0 Å². The number of hydrogen-bond donors (Lipinski definition) is 1. The molecule has 2 aliphatic rings. The lowest BCUT2D eigenvalue weighted by molar-refractivity contribution is -0.155. The summed E-state index contributed by atoms with van der Waals surface area (Å²) in [6.45, 7) is 14.3. The topological polar surface area (TPSA) is 108 Å². The van der Waals surface area contributed by atoms with Crippen molar-refractivity contribution in [2.75, 3.05) is 6.61 Å². The molecular formula is C34H42N4O5. The first-order chi connectivity index (χ1) is 20.1. The van der Waals surface area contributed by atoms with E-state index in [1.807, 2.05) is 76.2 Å². The molecule has 2 heterocycles. The average molecular weight is 587 g/mol. The van der Waals surface area contributed by atoms with Gasteiger partial charge in [-0.05, 0) is 30.9 Å². The van der Waals surface area contributed by atoms with Crippen molar-refractivity contribution in [2.45, 2.75) is 79.1 Å². The predicted octanol–water partition coefficient (Wildman–Crippen LogP) is 4.58. The Morgan fingerprint density at radius 3 is 2.09 bits per heavy atom. The van der Waals surface area contributed by atoms with Gasteiger partial charge in [0.25, 0.3) is 17.6 Å². The number of nitrogens with zero attached hydrogens (tertiary/aromatic N) is 3. The minimum Gasteiger partial charge on any atom is -0.473 e. The minimum atomic E-state index is -1.96. The van der Waals surface area contributed by atoms with Crippen molar-refractivity contribution in [2.24, 2.45) is 16.3 Å². The molecule has 1 N–H and O–H groups in total. The van der Waals surface area contributed by atoms with E-state index in [9.17, 15) is 19.2 Å². The summed E-state index contributed by atoms with van der Waals surface area (Å²) in [7, 11) is 0. The number of Topliss-reactive ketones (excluding diaryl/α,β-unsaturated/α-hetero) is 1. The molecule has 0 radical (unpaired) electrons. The molecule has 2 aromatic carbocycles. The summed E-state index contributed by atoms with van der Waals surface area (Å²) in [5.41, 5.74) is -1.82. The highest BCUT2D eigenvalue weighted by Crippen LogP contribution is 2.39. The third-order valence-electron chi connectivity index (χ3n) is 7.46. The van der Waals surface area contributed by atoms with Crippen LogP contribution in [0.3, 0.4) is 0 Å². The largest absolute Gasteiger partial charge is 0.473 e. The van der Waals surface area contributed by atoms with Gasteiger partial charge in [-0.15, -0.1) is 0 Å². The molecule has 1 unspecified atom stereocenters. The van der Waals surface area contributed by atoms with Crippen molar-refractivity contribution >= 4 is 35.1 Å². The number of aliphatic imine (C=N–C) groups is 1. The summed E-state index contributed by atoms with van der Waals surface area (Å²) in [5.74, 6) is -2.38. The first-order valence-electron chi connectivity index (χ1n) is 14.6. The molecular weight excluding hydrogens is 544 g/mol. The van der Waals surface area contributed by atoms with E-state index in [4.69, 9.17) is 4.74 Å². The number of ether oxygens (including phenoxy) is 1. The lowest BCUT2D eigenvalue weighted by Gasteiger charge is -2.50. The second-order valence-corrected chi connectivity index (χ2v) is 13.3. The van der Waals surface area contributed by atoms with Crippen LogP contribution in [0.4, 0.5) is 0 Å². The van der Waals surface area contributed by atoms with Gasteiger partial charge in [0.15, 0.2) is 5.66 Å². The highest BCUT2D eigenvalue weighted by Gasteiger charge is 2.56. The Hall–Kier alpha value is -4.27. The smallest absolute Gasteiger partial charge is 0.263 e. The zero-order valence-electron chi connectivity index (χ0n) is 26.3. The number of rotatable bonds is 8. The summed E-state index contributed by atoms with van der Waals surface area (Å²) >= 11 is 0. The number of ketones is 1. The summed E-state index contributed by atoms with van der Waals surface area (Å²) < 4.78 is 5.83. The van der Waals surface area contributed by atoms with Crippen LogP contribution < -0.4 is 5.32 Å². The molecule has 0 aromatic heterocycles. The van der Waals surface area contributed by atoms with Gasteiger partial charge in [0.2, 0.25) is 11.8 Å². The van der Waals surface area contributed by atoms with Gasteiger partial charge in [0.1, 0.15) is 12.6 Å². The van der Waals surface area contributed by atoms with Gasteiger partial charge in [-0.1, -0.05) is 95.3 Å². The highest BCUT2D eigenvalue weighted by atomic mass is 16.5. The maximum Gasteiger partial charge on any atom is 0.263 e. The van der Waals surface area contributed by atoms with Crippen LogP contribution in [0.1, 0.15) is 66.5 Å². The molecule has 0 fully saturated rings. The van der Waals surface area contributed by atoms with E-state index < -0.39 is 40.3 Å². The predicted molar refractivity (Wildman–Crippen MR) is 165 cm³/mol. The van der Waals surface area contributed by atoms with Crippen molar-refractivity contribution in [1.29, 1.82) is 0 Å². The van der Waals surface area contributed by atoms with Crippen LogP contribution in [0, 0.1) is 11.3 Å². The Morgan fingerprint density at radius 1 is 1.02 bits per heavy atom. The van der Waals surface area contributed by atoms with Gasteiger partial charge in [0, 0.05) is 25.0 Å². The normalized spacial score (nSPS) is 19.7. The molecule has 2 aliphatic heterocycles. The first kappa shape index (κ1) is 31.7. The number of carbonyl (C=O) groups is 4. The van der Waals surface area contributed by atoms with Crippen molar-refractivity contribution in [3.63, 3.8) is 0 Å². The zero-order valence-corrected chi connectivity index (χ0v) is 26.3. The first-order valence-corrected chi connectivity index (χ1v) is 14.6. The summed E-state index contributed by atoms with van der Waals surface area (Å²) in [4.78, 5) is 64.0. The fourth-order valence-electron chi connectivity index (χ4n) is 5.50. The second-order valence-electron chi connectivity index (χ2n) is 13.3. The number of nitrogens with one attached hydrogen (secondary N) is 1. The molecule has 3 amide bonds. The van der Waals surface area contributed by atoms with Gasteiger partial charge in [0.05, 0.1) is 11.2 Å². The lowest BCUT2D eigenvalue weighted by atomic mass is 9.86. The Kier molecular flexibility index (Phi) is 8.67. The zero-order chi connectivity index (χ0) is 31.7. The van der Waals surface area contributed by atoms with E-state index in [0.29, 0.717) is 16.8 Å². The molecule has 0 aliphatic carbocycles. The van der Waals surface area contributed by atoms with Crippen molar-refractivity contribution in [3.8, 4) is 0 Å². The number of amides is 3. The lowest BCUT2D eigenvalue weighted by Crippen LogP contribution is -2.72. The fourth-order valence-corrected chi connectivity index (χ4v) is 5.50. The number of hydrogen-bond acceptors (Lipinski definition) is 6. The van der Waals surface area contributed by atoms with E-state index in [-0.39, 0.29) is 30.8 Å². The van der Waals surface area contributed by atoms with E-state index in [0.717, 1.165) is 0 Å². The van der Waals surface area contributed by atoms with E-state index in [1.165, 1.54) is 16.7 Å². The molecule has 9 nitrogen and oxygen atoms in total. The Morgan fingerprint density at radius 2 is 1.60 bits per heavy atom. The van der Waals surface area contributed by atoms with E-state index in [2.05, 4.69) is 10.3 Å². The molecule has 2 aromatic rings. The van der Waals surface area contributed by atoms with Crippen LogP contribution >= 0.6 is 0 Å². The molecule has 9 heteroatoms. The van der Waals surface area contributed by atoms with E-state index >= 15 is 0 Å². The van der Waals surface area contributed by atoms with Crippen LogP contribution in [0.5, 0.6) is 0 Å². The number of carbonyl (C=O) groups excluding carboxylic acids is 4. The fraction of sp³-hybridized carbons (Fsp3) is 0.441. The maximum absolute atomic E-state index is 15.0. The van der Waals surface area contributed by atoms with Crippen LogP contribution in [0.2, 0.25) is 0 Å². The summed E-state index contributed by atoms with van der Waals surface area (Å²) in [5, 5.41) is 2.89. The average Bonchev–Trinajstić information content (AvgIpc) is 3.30. The van der Waals surface area contributed by atoms with Gasteiger partial charge < -0.3 is 15.0 Å². The van der Waals surface area contributed by atoms with Crippen LogP contribution in [-0.4, -0.2) is 63.1 Å². The molecule has 0 saturated carbocycles. The Balaban J connectivity index is 2.08. The summed E-state index contributed by atoms with van der Waals surface area (Å²) in [6, 6.07) is 17.3. The van der Waals surface area contributed by atoms with Gasteiger partial charge in [-0.3, -0.25) is 24.1 Å². The molecule has 0 bridgehead atoms. The minimum absolute atomic E-state index is 0.0665. The molecule has 228 valence electrons. The van der Waals surface area contributed by atoms with Crippen molar-refractivity contribution in [1.82, 2.24) is 15.1 Å². The standard InChI is InChI=1S/C34H42N4O5/c1-22(2)27-30(41)38(26(25-17-13-10-14-18-25)20-37(27)31(42)32(4,5)6)34(35-23(3)39,19-24-15-11-9-12-16-24)28(40)29-36-33(7,8)21-43-29/h9-18,20,22,27H,19,21H2,1-8H3,(H,35,39)/t27?,34-/m0/s1. The van der Waals surface area contributed by atoms with Crippen molar-refractivity contribution < 1.29 is 23.9 Å². The third kappa shape index (κ3) is 6.40. The third-order valence-corrected chi connectivity index (χ3v) is 7.46. The monoisotopic (exact) mass is 586 g/mol. The van der Waals surface area contributed by atoms with Crippen LogP contribution in [0.25, 0.3) is 5.70 Å². The van der Waals surface area contributed by atoms with Gasteiger partial charge >= 0.3 is 0 Å². The quantitative estimate of drug-likeness (QED) is 0.487. The van der Waals surface area contributed by atoms with Crippen LogP contribution in [0.15, 0.2) is 71.9 Å². The van der Waals surface area contributed by atoms with Gasteiger partial charge in [-0.25, -0.2) is 4.99 Å². The molecule has 43 heavy (non-hydrogen) atoms. The van der Waals surface area contributed by atoms with Crippen molar-refractivity contribution in [3.05, 3.63) is 78.0 Å². The summed E-state index contributed by atoms with van der Waals surface area (Å²) in [6.07, 6.45) is 1.58. The van der Waals surface area contributed by atoms with E-state index in [1.54, 1.807) is 39.1 Å². The number of benzene rings is 2. The SMILES string of the molecule is CC(=O)N[C@](Cc1ccccc1)(C(=O)C1=NC(C)(C)CO1)N1C(=O)C(C(C)C)N(C(=O)C(C)(C)C)C=C1c1ccccc1. The second kappa shape index (κ2) is 11.8. The Bertz CT molecular complexity index is 1460. The highest BCUT2D eigenvalue weighted by molar-refractivity contribution is 6.41. The molecule has 0 saturated heterocycles. The maximum atomic E-state index is 15.0. The molecule has 2 atom stereocenters.